The monoisotopic (exact) mass is 224 g/mol. The number of carboxylic acids is 1. The molecule has 0 saturated heterocycles. The Kier molecular flexibility index (Phi) is 4.22. The minimum Gasteiger partial charge on any atom is -0.480 e. The van der Waals surface area contributed by atoms with E-state index in [1.807, 2.05) is 6.92 Å². The Bertz CT molecular complexity index is 385. The molecule has 0 aliphatic rings. The lowest BCUT2D eigenvalue weighted by Gasteiger charge is -2.11. The molecule has 0 aliphatic heterocycles. The number of aliphatic carboxylic acids is 1. The quantitative estimate of drug-likeness (QED) is 0.748. The van der Waals surface area contributed by atoms with E-state index < -0.39 is 12.0 Å². The van der Waals surface area contributed by atoms with Crippen molar-refractivity contribution in [3.05, 3.63) is 17.5 Å². The standard InChI is InChI=1S/C11H16N2O3/c1-3-4-5-10(11(15)16)13-6-8(2)9(7-14)12-13/h6-7,10H,3-5H2,1-2H3,(H,15,16). The molecule has 1 rings (SSSR count). The van der Waals surface area contributed by atoms with Gasteiger partial charge < -0.3 is 5.11 Å². The summed E-state index contributed by atoms with van der Waals surface area (Å²) in [5.41, 5.74) is 1.01. The van der Waals surface area contributed by atoms with Crippen molar-refractivity contribution in [2.75, 3.05) is 0 Å². The van der Waals surface area contributed by atoms with Gasteiger partial charge in [0.2, 0.25) is 0 Å². The van der Waals surface area contributed by atoms with Crippen LogP contribution in [0.15, 0.2) is 6.20 Å². The molecule has 1 aromatic heterocycles. The first-order valence-corrected chi connectivity index (χ1v) is 5.33. The van der Waals surface area contributed by atoms with Crippen LogP contribution in [0.5, 0.6) is 0 Å². The highest BCUT2D eigenvalue weighted by molar-refractivity contribution is 5.75. The van der Waals surface area contributed by atoms with E-state index in [0.717, 1.165) is 12.8 Å². The summed E-state index contributed by atoms with van der Waals surface area (Å²) in [5.74, 6) is -0.909. The fourth-order valence-electron chi connectivity index (χ4n) is 1.54. The lowest BCUT2D eigenvalue weighted by atomic mass is 10.1. The molecule has 1 heterocycles. The van der Waals surface area contributed by atoms with Gasteiger partial charge in [-0.05, 0) is 18.9 Å². The van der Waals surface area contributed by atoms with Gasteiger partial charge >= 0.3 is 5.97 Å². The van der Waals surface area contributed by atoms with E-state index in [9.17, 15) is 9.59 Å². The minimum absolute atomic E-state index is 0.308. The Morgan fingerprint density at radius 2 is 2.38 bits per heavy atom. The fourth-order valence-corrected chi connectivity index (χ4v) is 1.54. The molecule has 5 heteroatoms. The Balaban J connectivity index is 2.92. The molecule has 1 aromatic rings. The number of aldehydes is 1. The molecule has 5 nitrogen and oxygen atoms in total. The maximum absolute atomic E-state index is 11.1. The fraction of sp³-hybridized carbons (Fsp3) is 0.545. The van der Waals surface area contributed by atoms with E-state index >= 15 is 0 Å². The first kappa shape index (κ1) is 12.4. The van der Waals surface area contributed by atoms with Crippen molar-refractivity contribution in [3.8, 4) is 0 Å². The van der Waals surface area contributed by atoms with Crippen LogP contribution in [0, 0.1) is 6.92 Å². The van der Waals surface area contributed by atoms with Crippen molar-refractivity contribution in [1.29, 1.82) is 0 Å². The average molecular weight is 224 g/mol. The highest BCUT2D eigenvalue weighted by Crippen LogP contribution is 2.16. The van der Waals surface area contributed by atoms with Gasteiger partial charge in [0.15, 0.2) is 6.29 Å². The van der Waals surface area contributed by atoms with Crippen LogP contribution in [0.2, 0.25) is 0 Å². The third-order valence-corrected chi connectivity index (χ3v) is 2.50. The number of carboxylic acid groups (broad SMARTS) is 1. The molecule has 0 aromatic carbocycles. The van der Waals surface area contributed by atoms with Gasteiger partial charge in [0, 0.05) is 6.20 Å². The number of hydrogen-bond acceptors (Lipinski definition) is 3. The maximum Gasteiger partial charge on any atom is 0.328 e. The zero-order chi connectivity index (χ0) is 12.1. The zero-order valence-electron chi connectivity index (χ0n) is 9.51. The predicted octanol–water partition coefficient (Wildman–Crippen LogP) is 1.82. The largest absolute Gasteiger partial charge is 0.480 e. The van der Waals surface area contributed by atoms with Crippen LogP contribution in [0.25, 0.3) is 0 Å². The maximum atomic E-state index is 11.1. The molecule has 0 saturated carbocycles. The molecule has 0 bridgehead atoms. The number of nitrogens with zero attached hydrogens (tertiary/aromatic N) is 2. The molecule has 0 radical (unpaired) electrons. The third kappa shape index (κ3) is 2.68. The average Bonchev–Trinajstić information content (AvgIpc) is 2.59. The second kappa shape index (κ2) is 5.44. The lowest BCUT2D eigenvalue weighted by Crippen LogP contribution is -2.19. The van der Waals surface area contributed by atoms with Gasteiger partial charge in [-0.15, -0.1) is 0 Å². The van der Waals surface area contributed by atoms with E-state index in [0.29, 0.717) is 24.0 Å². The summed E-state index contributed by atoms with van der Waals surface area (Å²) in [6, 6.07) is -0.674. The van der Waals surface area contributed by atoms with Gasteiger partial charge in [-0.2, -0.15) is 5.10 Å². The molecule has 0 spiro atoms. The van der Waals surface area contributed by atoms with Gasteiger partial charge in [-0.25, -0.2) is 4.79 Å². The summed E-state index contributed by atoms with van der Waals surface area (Å²) in [7, 11) is 0. The van der Waals surface area contributed by atoms with Crippen LogP contribution < -0.4 is 0 Å². The Morgan fingerprint density at radius 1 is 1.69 bits per heavy atom. The molecule has 1 atom stereocenters. The summed E-state index contributed by atoms with van der Waals surface area (Å²) in [6.45, 7) is 3.75. The van der Waals surface area contributed by atoms with Gasteiger partial charge in [-0.1, -0.05) is 19.8 Å². The number of rotatable bonds is 6. The van der Waals surface area contributed by atoms with Gasteiger partial charge in [-0.3, -0.25) is 9.48 Å². The summed E-state index contributed by atoms with van der Waals surface area (Å²) < 4.78 is 1.37. The van der Waals surface area contributed by atoms with Crippen LogP contribution in [0.3, 0.4) is 0 Å². The number of carbonyl (C=O) groups is 2. The van der Waals surface area contributed by atoms with E-state index in [1.54, 1.807) is 13.1 Å². The first-order chi connectivity index (χ1) is 7.60. The molecule has 0 fully saturated rings. The molecule has 0 amide bonds. The van der Waals surface area contributed by atoms with E-state index in [2.05, 4.69) is 5.10 Å². The first-order valence-electron chi connectivity index (χ1n) is 5.33. The summed E-state index contributed by atoms with van der Waals surface area (Å²) in [5, 5.41) is 13.0. The predicted molar refractivity (Wildman–Crippen MR) is 58.5 cm³/mol. The molecule has 16 heavy (non-hydrogen) atoms. The van der Waals surface area contributed by atoms with Crippen LogP contribution in [-0.4, -0.2) is 27.1 Å². The Morgan fingerprint density at radius 3 is 2.81 bits per heavy atom. The van der Waals surface area contributed by atoms with Crippen molar-refractivity contribution >= 4 is 12.3 Å². The van der Waals surface area contributed by atoms with Crippen molar-refractivity contribution in [2.45, 2.75) is 39.2 Å². The zero-order valence-corrected chi connectivity index (χ0v) is 9.51. The van der Waals surface area contributed by atoms with Gasteiger partial charge in [0.05, 0.1) is 0 Å². The van der Waals surface area contributed by atoms with Crippen LogP contribution in [0.4, 0.5) is 0 Å². The summed E-state index contributed by atoms with van der Waals surface area (Å²) in [6.07, 6.45) is 4.55. The third-order valence-electron chi connectivity index (χ3n) is 2.50. The smallest absolute Gasteiger partial charge is 0.328 e. The van der Waals surface area contributed by atoms with E-state index in [4.69, 9.17) is 5.11 Å². The number of hydrogen-bond donors (Lipinski definition) is 1. The highest BCUT2D eigenvalue weighted by atomic mass is 16.4. The van der Waals surface area contributed by atoms with E-state index in [-0.39, 0.29) is 0 Å². The van der Waals surface area contributed by atoms with Crippen LogP contribution >= 0.6 is 0 Å². The molecule has 1 unspecified atom stereocenters. The topological polar surface area (TPSA) is 72.2 Å². The van der Waals surface area contributed by atoms with Crippen molar-refractivity contribution in [1.82, 2.24) is 9.78 Å². The SMILES string of the molecule is CCCCC(C(=O)O)n1cc(C)c(C=O)n1. The molecule has 0 aliphatic carbocycles. The number of unbranched alkanes of at least 4 members (excludes halogenated alkanes) is 1. The Hall–Kier alpha value is -1.65. The molecule has 1 N–H and O–H groups in total. The summed E-state index contributed by atoms with van der Waals surface area (Å²) in [4.78, 5) is 21.7. The number of aryl methyl sites for hydroxylation is 1. The van der Waals surface area contributed by atoms with Gasteiger partial charge in [0.1, 0.15) is 11.7 Å². The second-order valence-electron chi connectivity index (χ2n) is 3.79. The molecular weight excluding hydrogens is 208 g/mol. The van der Waals surface area contributed by atoms with Crippen LogP contribution in [0.1, 0.15) is 48.3 Å². The van der Waals surface area contributed by atoms with Gasteiger partial charge in [0.25, 0.3) is 0 Å². The second-order valence-corrected chi connectivity index (χ2v) is 3.79. The number of aromatic nitrogens is 2. The number of carbonyl (C=O) groups excluding carboxylic acids is 1. The summed E-state index contributed by atoms with van der Waals surface area (Å²) >= 11 is 0. The van der Waals surface area contributed by atoms with E-state index in [1.165, 1.54) is 4.68 Å². The molecular formula is C11H16N2O3. The minimum atomic E-state index is -0.909. The van der Waals surface area contributed by atoms with Crippen LogP contribution in [-0.2, 0) is 4.79 Å². The van der Waals surface area contributed by atoms with Crippen molar-refractivity contribution < 1.29 is 14.7 Å². The van der Waals surface area contributed by atoms with Crippen molar-refractivity contribution in [2.24, 2.45) is 0 Å². The highest BCUT2D eigenvalue weighted by Gasteiger charge is 2.20. The normalized spacial score (nSPS) is 12.4. The van der Waals surface area contributed by atoms with Crippen molar-refractivity contribution in [3.63, 3.8) is 0 Å². The molecule has 88 valence electrons. The lowest BCUT2D eigenvalue weighted by molar-refractivity contribution is -0.141. The Labute approximate surface area is 94.1 Å².